The highest BCUT2D eigenvalue weighted by molar-refractivity contribution is 5.95. The summed E-state index contributed by atoms with van der Waals surface area (Å²) in [5, 5.41) is 0. The van der Waals surface area contributed by atoms with Crippen molar-refractivity contribution in [2.75, 3.05) is 18.9 Å². The van der Waals surface area contributed by atoms with Crippen molar-refractivity contribution in [2.45, 2.75) is 52.2 Å². The molecule has 2 unspecified atom stereocenters. The first-order valence-electron chi connectivity index (χ1n) is 7.39. The molecule has 0 spiro atoms. The van der Waals surface area contributed by atoms with Crippen molar-refractivity contribution in [1.82, 2.24) is 9.88 Å². The lowest BCUT2D eigenvalue weighted by molar-refractivity contribution is -0.0387. The SMILES string of the molecule is CC1CN(C(=O)c2cc(N)nc(C(C)(C)C)c2)C(C)CO1. The second kappa shape index (κ2) is 5.64. The van der Waals surface area contributed by atoms with Gasteiger partial charge in [-0.2, -0.15) is 0 Å². The Hall–Kier alpha value is -1.62. The highest BCUT2D eigenvalue weighted by Gasteiger charge is 2.29. The van der Waals surface area contributed by atoms with Gasteiger partial charge in [0.1, 0.15) is 5.82 Å². The molecule has 1 aromatic rings. The summed E-state index contributed by atoms with van der Waals surface area (Å²) in [5.41, 5.74) is 7.17. The van der Waals surface area contributed by atoms with Crippen LogP contribution in [0.15, 0.2) is 12.1 Å². The van der Waals surface area contributed by atoms with Gasteiger partial charge in [0.05, 0.1) is 18.8 Å². The summed E-state index contributed by atoms with van der Waals surface area (Å²) in [6.07, 6.45) is 0.0615. The van der Waals surface area contributed by atoms with E-state index in [1.165, 1.54) is 0 Å². The van der Waals surface area contributed by atoms with Crippen LogP contribution in [0.3, 0.4) is 0 Å². The van der Waals surface area contributed by atoms with Crippen LogP contribution in [-0.4, -0.2) is 41.1 Å². The van der Waals surface area contributed by atoms with Crippen LogP contribution in [0.5, 0.6) is 0 Å². The third-order valence-electron chi connectivity index (χ3n) is 3.73. The van der Waals surface area contributed by atoms with Gasteiger partial charge in [0.2, 0.25) is 0 Å². The zero-order valence-corrected chi connectivity index (χ0v) is 13.5. The van der Waals surface area contributed by atoms with Crippen molar-refractivity contribution in [1.29, 1.82) is 0 Å². The Morgan fingerprint density at radius 3 is 2.67 bits per heavy atom. The molecule has 1 amide bonds. The fourth-order valence-corrected chi connectivity index (χ4v) is 2.41. The predicted molar refractivity (Wildman–Crippen MR) is 83.3 cm³/mol. The van der Waals surface area contributed by atoms with Gasteiger partial charge in [-0.25, -0.2) is 4.98 Å². The number of ether oxygens (including phenoxy) is 1. The average Bonchev–Trinajstić information content (AvgIpc) is 2.39. The van der Waals surface area contributed by atoms with E-state index in [4.69, 9.17) is 10.5 Å². The molecule has 0 bridgehead atoms. The van der Waals surface area contributed by atoms with Crippen LogP contribution in [0.2, 0.25) is 0 Å². The lowest BCUT2D eigenvalue weighted by Gasteiger charge is -2.37. The van der Waals surface area contributed by atoms with Crippen molar-refractivity contribution in [3.05, 3.63) is 23.4 Å². The molecule has 116 valence electrons. The summed E-state index contributed by atoms with van der Waals surface area (Å²) in [6, 6.07) is 3.58. The zero-order chi connectivity index (χ0) is 15.8. The van der Waals surface area contributed by atoms with Crippen molar-refractivity contribution < 1.29 is 9.53 Å². The van der Waals surface area contributed by atoms with Crippen molar-refractivity contribution in [2.24, 2.45) is 0 Å². The van der Waals surface area contributed by atoms with Gasteiger partial charge in [-0.1, -0.05) is 20.8 Å². The minimum atomic E-state index is -0.145. The number of hydrogen-bond donors (Lipinski definition) is 1. The number of pyridine rings is 1. The highest BCUT2D eigenvalue weighted by atomic mass is 16.5. The summed E-state index contributed by atoms with van der Waals surface area (Å²) < 4.78 is 5.58. The molecule has 5 nitrogen and oxygen atoms in total. The minimum Gasteiger partial charge on any atom is -0.384 e. The molecule has 0 saturated carbocycles. The Labute approximate surface area is 126 Å². The number of anilines is 1. The quantitative estimate of drug-likeness (QED) is 0.861. The van der Waals surface area contributed by atoms with Crippen LogP contribution in [0, 0.1) is 0 Å². The Kier molecular flexibility index (Phi) is 4.23. The molecule has 1 saturated heterocycles. The zero-order valence-electron chi connectivity index (χ0n) is 13.5. The fourth-order valence-electron chi connectivity index (χ4n) is 2.41. The molecule has 2 rings (SSSR count). The second-order valence-electron chi connectivity index (χ2n) is 6.87. The van der Waals surface area contributed by atoms with Gasteiger partial charge in [0.25, 0.3) is 5.91 Å². The summed E-state index contributed by atoms with van der Waals surface area (Å²) in [7, 11) is 0. The number of rotatable bonds is 1. The molecule has 0 radical (unpaired) electrons. The molecule has 21 heavy (non-hydrogen) atoms. The maximum absolute atomic E-state index is 12.8. The Balaban J connectivity index is 2.32. The van der Waals surface area contributed by atoms with Crippen molar-refractivity contribution in [3.63, 3.8) is 0 Å². The predicted octanol–water partition coefficient (Wildman–Crippen LogP) is 2.21. The van der Waals surface area contributed by atoms with Crippen LogP contribution < -0.4 is 5.73 Å². The number of amides is 1. The van der Waals surface area contributed by atoms with E-state index in [-0.39, 0.29) is 23.5 Å². The number of nitrogens with two attached hydrogens (primary N) is 1. The van der Waals surface area contributed by atoms with Gasteiger partial charge in [-0.05, 0) is 26.0 Å². The molecule has 2 N–H and O–H groups in total. The highest BCUT2D eigenvalue weighted by Crippen LogP contribution is 2.24. The van der Waals surface area contributed by atoms with E-state index in [1.807, 2.05) is 24.8 Å². The molecule has 0 aromatic carbocycles. The summed E-state index contributed by atoms with van der Waals surface area (Å²) in [6.45, 7) is 11.3. The molecular weight excluding hydrogens is 266 g/mol. The van der Waals surface area contributed by atoms with Crippen LogP contribution in [0.25, 0.3) is 0 Å². The Morgan fingerprint density at radius 1 is 1.38 bits per heavy atom. The minimum absolute atomic E-state index is 0.00255. The maximum Gasteiger partial charge on any atom is 0.254 e. The number of aromatic nitrogens is 1. The van der Waals surface area contributed by atoms with Gasteiger partial charge >= 0.3 is 0 Å². The molecule has 1 aliphatic rings. The van der Waals surface area contributed by atoms with Crippen molar-refractivity contribution in [3.8, 4) is 0 Å². The molecular formula is C16H25N3O2. The summed E-state index contributed by atoms with van der Waals surface area (Å²) >= 11 is 0. The molecule has 5 heteroatoms. The van der Waals surface area contributed by atoms with E-state index in [1.54, 1.807) is 6.07 Å². The van der Waals surface area contributed by atoms with E-state index >= 15 is 0 Å². The first-order chi connectivity index (χ1) is 9.68. The number of nitrogens with zero attached hydrogens (tertiary/aromatic N) is 2. The van der Waals surface area contributed by atoms with E-state index < -0.39 is 0 Å². The smallest absolute Gasteiger partial charge is 0.254 e. The number of carbonyl (C=O) groups is 1. The topological polar surface area (TPSA) is 68.5 Å². The fraction of sp³-hybridized carbons (Fsp3) is 0.625. The second-order valence-corrected chi connectivity index (χ2v) is 6.87. The molecule has 1 fully saturated rings. The van der Waals surface area contributed by atoms with Crippen LogP contribution in [0.4, 0.5) is 5.82 Å². The molecule has 1 aliphatic heterocycles. The van der Waals surface area contributed by atoms with Gasteiger partial charge in [0, 0.05) is 23.2 Å². The van der Waals surface area contributed by atoms with E-state index in [2.05, 4.69) is 25.8 Å². The lowest BCUT2D eigenvalue weighted by Crippen LogP contribution is -2.50. The maximum atomic E-state index is 12.8. The van der Waals surface area contributed by atoms with Crippen LogP contribution in [0.1, 0.15) is 50.7 Å². The monoisotopic (exact) mass is 291 g/mol. The van der Waals surface area contributed by atoms with E-state index in [9.17, 15) is 4.79 Å². The lowest BCUT2D eigenvalue weighted by atomic mass is 9.90. The average molecular weight is 291 g/mol. The molecule has 2 atom stereocenters. The number of carbonyl (C=O) groups excluding carboxylic acids is 1. The van der Waals surface area contributed by atoms with Crippen LogP contribution in [-0.2, 0) is 10.2 Å². The Bertz CT molecular complexity index is 537. The summed E-state index contributed by atoms with van der Waals surface area (Å²) in [5.74, 6) is 0.386. The van der Waals surface area contributed by atoms with Gasteiger partial charge in [0.15, 0.2) is 0 Å². The summed E-state index contributed by atoms with van der Waals surface area (Å²) in [4.78, 5) is 19.0. The number of hydrogen-bond acceptors (Lipinski definition) is 4. The van der Waals surface area contributed by atoms with Gasteiger partial charge < -0.3 is 15.4 Å². The first kappa shape index (κ1) is 15.8. The third-order valence-corrected chi connectivity index (χ3v) is 3.73. The van der Waals surface area contributed by atoms with E-state index in [0.717, 1.165) is 5.69 Å². The van der Waals surface area contributed by atoms with Crippen LogP contribution >= 0.6 is 0 Å². The third kappa shape index (κ3) is 3.53. The Morgan fingerprint density at radius 2 is 2.05 bits per heavy atom. The molecule has 2 heterocycles. The largest absolute Gasteiger partial charge is 0.384 e. The normalized spacial score (nSPS) is 23.2. The van der Waals surface area contributed by atoms with Gasteiger partial charge in [-0.3, -0.25) is 4.79 Å². The van der Waals surface area contributed by atoms with E-state index in [0.29, 0.717) is 24.5 Å². The van der Waals surface area contributed by atoms with Gasteiger partial charge in [-0.15, -0.1) is 0 Å². The molecule has 0 aliphatic carbocycles. The standard InChI is InChI=1S/C16H25N3O2/c1-10-9-21-11(2)8-19(10)15(20)12-6-13(16(3,4)5)18-14(17)7-12/h6-7,10-11H,8-9H2,1-5H3,(H2,17,18). The molecule has 1 aromatic heterocycles. The first-order valence-corrected chi connectivity index (χ1v) is 7.39. The number of morpholine rings is 1. The van der Waals surface area contributed by atoms with Crippen molar-refractivity contribution >= 4 is 11.7 Å². The number of nitrogen functional groups attached to an aromatic ring is 1.